The quantitative estimate of drug-likeness (QED) is 0.802. The van der Waals surface area contributed by atoms with Crippen molar-refractivity contribution in [3.8, 4) is 0 Å². The molecule has 2 rings (SSSR count). The molecule has 1 atom stereocenters. The highest BCUT2D eigenvalue weighted by Crippen LogP contribution is 2.24. The molecule has 0 saturated carbocycles. The zero-order valence-electron chi connectivity index (χ0n) is 13.6. The average Bonchev–Trinajstić information content (AvgIpc) is 2.42. The van der Waals surface area contributed by atoms with Gasteiger partial charge in [0, 0.05) is 24.7 Å². The SMILES string of the molecule is CC(NCCNC(C)(C)C)c1ccc2c(c1)CCCC2. The lowest BCUT2D eigenvalue weighted by Crippen LogP contribution is -2.40. The molecular formula is C18H30N2. The van der Waals surface area contributed by atoms with E-state index in [1.807, 2.05) is 0 Å². The van der Waals surface area contributed by atoms with E-state index < -0.39 is 0 Å². The Labute approximate surface area is 124 Å². The van der Waals surface area contributed by atoms with Gasteiger partial charge >= 0.3 is 0 Å². The van der Waals surface area contributed by atoms with Crippen molar-refractivity contribution < 1.29 is 0 Å². The van der Waals surface area contributed by atoms with E-state index in [4.69, 9.17) is 0 Å². The van der Waals surface area contributed by atoms with Gasteiger partial charge in [-0.15, -0.1) is 0 Å². The first kappa shape index (κ1) is 15.5. The normalized spacial score (nSPS) is 16.8. The Balaban J connectivity index is 1.84. The van der Waals surface area contributed by atoms with Crippen LogP contribution in [0.1, 0.15) is 63.3 Å². The molecule has 0 spiro atoms. The molecule has 0 fully saturated rings. The van der Waals surface area contributed by atoms with Gasteiger partial charge in [-0.25, -0.2) is 0 Å². The van der Waals surface area contributed by atoms with Crippen LogP contribution in [0.25, 0.3) is 0 Å². The van der Waals surface area contributed by atoms with Gasteiger partial charge in [0.15, 0.2) is 0 Å². The second kappa shape index (κ2) is 6.73. The maximum Gasteiger partial charge on any atom is 0.0292 e. The van der Waals surface area contributed by atoms with Crippen molar-refractivity contribution in [2.75, 3.05) is 13.1 Å². The van der Waals surface area contributed by atoms with E-state index in [2.05, 4.69) is 56.5 Å². The van der Waals surface area contributed by atoms with Crippen LogP contribution >= 0.6 is 0 Å². The summed E-state index contributed by atoms with van der Waals surface area (Å²) in [4.78, 5) is 0. The van der Waals surface area contributed by atoms with Crippen molar-refractivity contribution in [2.24, 2.45) is 0 Å². The van der Waals surface area contributed by atoms with Crippen LogP contribution in [0, 0.1) is 0 Å². The molecule has 1 aromatic rings. The Morgan fingerprint density at radius 2 is 1.75 bits per heavy atom. The monoisotopic (exact) mass is 274 g/mol. The fourth-order valence-corrected chi connectivity index (χ4v) is 2.87. The molecule has 2 heteroatoms. The topological polar surface area (TPSA) is 24.1 Å². The van der Waals surface area contributed by atoms with Gasteiger partial charge in [-0.05, 0) is 70.1 Å². The first-order valence-corrected chi connectivity index (χ1v) is 8.06. The third-order valence-corrected chi connectivity index (χ3v) is 4.10. The fourth-order valence-electron chi connectivity index (χ4n) is 2.87. The molecule has 1 aromatic carbocycles. The van der Waals surface area contributed by atoms with Gasteiger partial charge in [0.2, 0.25) is 0 Å². The second-order valence-corrected chi connectivity index (χ2v) is 7.09. The number of benzene rings is 1. The van der Waals surface area contributed by atoms with Gasteiger partial charge < -0.3 is 10.6 Å². The molecule has 2 nitrogen and oxygen atoms in total. The molecule has 0 bridgehead atoms. The lowest BCUT2D eigenvalue weighted by atomic mass is 9.89. The molecule has 0 saturated heterocycles. The van der Waals surface area contributed by atoms with Crippen LogP contribution in [0.5, 0.6) is 0 Å². The van der Waals surface area contributed by atoms with Crippen LogP contribution in [0.4, 0.5) is 0 Å². The molecule has 1 unspecified atom stereocenters. The highest BCUT2D eigenvalue weighted by Gasteiger charge is 2.12. The van der Waals surface area contributed by atoms with E-state index in [1.165, 1.54) is 31.2 Å². The Kier molecular flexibility index (Phi) is 5.22. The van der Waals surface area contributed by atoms with E-state index in [9.17, 15) is 0 Å². The first-order chi connectivity index (χ1) is 9.46. The van der Waals surface area contributed by atoms with Gasteiger partial charge in [-0.2, -0.15) is 0 Å². The molecule has 1 aliphatic rings. The van der Waals surface area contributed by atoms with Crippen LogP contribution in [0.3, 0.4) is 0 Å². The summed E-state index contributed by atoms with van der Waals surface area (Å²) in [5.74, 6) is 0. The number of hydrogen-bond acceptors (Lipinski definition) is 2. The van der Waals surface area contributed by atoms with Gasteiger partial charge in [-0.3, -0.25) is 0 Å². The smallest absolute Gasteiger partial charge is 0.0292 e. The van der Waals surface area contributed by atoms with Crippen molar-refractivity contribution in [2.45, 2.75) is 65.0 Å². The lowest BCUT2D eigenvalue weighted by Gasteiger charge is -2.23. The van der Waals surface area contributed by atoms with Crippen molar-refractivity contribution in [1.82, 2.24) is 10.6 Å². The minimum Gasteiger partial charge on any atom is -0.311 e. The molecular weight excluding hydrogens is 244 g/mol. The first-order valence-electron chi connectivity index (χ1n) is 8.06. The second-order valence-electron chi connectivity index (χ2n) is 7.09. The van der Waals surface area contributed by atoms with Crippen LogP contribution < -0.4 is 10.6 Å². The van der Waals surface area contributed by atoms with Crippen molar-refractivity contribution in [3.05, 3.63) is 34.9 Å². The highest BCUT2D eigenvalue weighted by atomic mass is 15.0. The van der Waals surface area contributed by atoms with Crippen molar-refractivity contribution in [3.63, 3.8) is 0 Å². The predicted molar refractivity (Wildman–Crippen MR) is 87.3 cm³/mol. The summed E-state index contributed by atoms with van der Waals surface area (Å²) in [6, 6.07) is 7.50. The zero-order valence-corrected chi connectivity index (χ0v) is 13.6. The van der Waals surface area contributed by atoms with E-state index >= 15 is 0 Å². The van der Waals surface area contributed by atoms with Crippen LogP contribution in [-0.2, 0) is 12.8 Å². The number of aryl methyl sites for hydroxylation is 2. The van der Waals surface area contributed by atoms with E-state index in [0.717, 1.165) is 13.1 Å². The van der Waals surface area contributed by atoms with E-state index in [1.54, 1.807) is 11.1 Å². The number of fused-ring (bicyclic) bond motifs is 1. The Morgan fingerprint density at radius 1 is 1.05 bits per heavy atom. The fraction of sp³-hybridized carbons (Fsp3) is 0.667. The summed E-state index contributed by atoms with van der Waals surface area (Å²) < 4.78 is 0. The van der Waals surface area contributed by atoms with Crippen LogP contribution in [0.2, 0.25) is 0 Å². The summed E-state index contributed by atoms with van der Waals surface area (Å²) in [5.41, 5.74) is 4.79. The number of hydrogen-bond donors (Lipinski definition) is 2. The predicted octanol–water partition coefficient (Wildman–Crippen LogP) is 3.60. The number of rotatable bonds is 5. The van der Waals surface area contributed by atoms with Gasteiger partial charge in [0.1, 0.15) is 0 Å². The molecule has 2 N–H and O–H groups in total. The Hall–Kier alpha value is -0.860. The van der Waals surface area contributed by atoms with Gasteiger partial charge in [0.25, 0.3) is 0 Å². The molecule has 0 aromatic heterocycles. The molecule has 0 heterocycles. The van der Waals surface area contributed by atoms with E-state index in [-0.39, 0.29) is 5.54 Å². The molecule has 1 aliphatic carbocycles. The summed E-state index contributed by atoms with van der Waals surface area (Å²) in [6.07, 6.45) is 5.25. The molecule has 112 valence electrons. The average molecular weight is 274 g/mol. The molecule has 0 radical (unpaired) electrons. The van der Waals surface area contributed by atoms with Crippen molar-refractivity contribution >= 4 is 0 Å². The third-order valence-electron chi connectivity index (χ3n) is 4.10. The minimum atomic E-state index is 0.205. The largest absolute Gasteiger partial charge is 0.311 e. The maximum atomic E-state index is 3.62. The molecule has 0 aliphatic heterocycles. The van der Waals surface area contributed by atoms with Gasteiger partial charge in [0.05, 0.1) is 0 Å². The Bertz CT molecular complexity index is 432. The minimum absolute atomic E-state index is 0.205. The molecule has 0 amide bonds. The third kappa shape index (κ3) is 4.60. The van der Waals surface area contributed by atoms with Crippen molar-refractivity contribution in [1.29, 1.82) is 0 Å². The number of nitrogens with one attached hydrogen (secondary N) is 2. The van der Waals surface area contributed by atoms with Crippen LogP contribution in [0.15, 0.2) is 18.2 Å². The van der Waals surface area contributed by atoms with Gasteiger partial charge in [-0.1, -0.05) is 18.2 Å². The van der Waals surface area contributed by atoms with Crippen LogP contribution in [-0.4, -0.2) is 18.6 Å². The molecule has 20 heavy (non-hydrogen) atoms. The zero-order chi connectivity index (χ0) is 14.6. The Morgan fingerprint density at radius 3 is 2.45 bits per heavy atom. The highest BCUT2D eigenvalue weighted by molar-refractivity contribution is 5.35. The lowest BCUT2D eigenvalue weighted by molar-refractivity contribution is 0.414. The summed E-state index contributed by atoms with van der Waals surface area (Å²) in [6.45, 7) is 10.9. The summed E-state index contributed by atoms with van der Waals surface area (Å²) in [7, 11) is 0. The summed E-state index contributed by atoms with van der Waals surface area (Å²) in [5, 5.41) is 7.13. The standard InChI is InChI=1S/C18H30N2/c1-14(19-11-12-20-18(2,3)4)16-10-9-15-7-5-6-8-17(15)13-16/h9-10,13-14,19-20H,5-8,11-12H2,1-4H3. The van der Waals surface area contributed by atoms with E-state index in [0.29, 0.717) is 6.04 Å². The summed E-state index contributed by atoms with van der Waals surface area (Å²) >= 11 is 0. The maximum absolute atomic E-state index is 3.62.